The van der Waals surface area contributed by atoms with Crippen molar-refractivity contribution in [1.29, 1.82) is 0 Å². The third-order valence-electron chi connectivity index (χ3n) is 10.7. The Hall–Kier alpha value is -3.75. The van der Waals surface area contributed by atoms with Crippen LogP contribution in [-0.4, -0.2) is 75.5 Å². The minimum absolute atomic E-state index is 0.0253. The Kier molecular flexibility index (Phi) is 43.1. The lowest BCUT2D eigenvalue weighted by atomic mass is 10.0. The quantitative estimate of drug-likeness (QED) is 0.0260. The number of nitrogens with zero attached hydrogens (tertiary/aromatic N) is 1. The Bertz CT molecular complexity index is 1360. The minimum atomic E-state index is -1.13. The molecule has 0 aliphatic carbocycles. The van der Waals surface area contributed by atoms with Gasteiger partial charge in [0.1, 0.15) is 12.6 Å². The molecule has 0 heterocycles. The van der Waals surface area contributed by atoms with Crippen molar-refractivity contribution in [3.05, 3.63) is 97.2 Å². The average Bonchev–Trinajstić information content (AvgIpc) is 3.26. The second-order valence-corrected chi connectivity index (χ2v) is 17.6. The van der Waals surface area contributed by atoms with Crippen LogP contribution in [-0.2, 0) is 28.6 Å². The lowest BCUT2D eigenvalue weighted by molar-refractivity contribution is -0.889. The maximum atomic E-state index is 12.8. The number of hydrogen-bond acceptors (Lipinski definition) is 7. The first-order valence-corrected chi connectivity index (χ1v) is 25.3. The fourth-order valence-electron chi connectivity index (χ4n) is 6.88. The van der Waals surface area contributed by atoms with Crippen molar-refractivity contribution in [3.63, 3.8) is 0 Å². The van der Waals surface area contributed by atoms with Crippen LogP contribution in [0.5, 0.6) is 0 Å². The van der Waals surface area contributed by atoms with Gasteiger partial charge in [0.25, 0.3) is 0 Å². The number of rotatable bonds is 44. The van der Waals surface area contributed by atoms with Gasteiger partial charge < -0.3 is 28.6 Å². The molecule has 2 atom stereocenters. The average molecular weight is 892 g/mol. The molecule has 0 saturated heterocycles. The molecule has 0 aliphatic rings. The number of ether oxygens (including phenoxy) is 3. The van der Waals surface area contributed by atoms with Crippen molar-refractivity contribution >= 4 is 17.9 Å². The van der Waals surface area contributed by atoms with E-state index in [1.54, 1.807) is 21.1 Å². The molecule has 0 aromatic rings. The maximum absolute atomic E-state index is 12.8. The molecule has 2 unspecified atom stereocenters. The van der Waals surface area contributed by atoms with Gasteiger partial charge in [-0.3, -0.25) is 9.59 Å². The summed E-state index contributed by atoms with van der Waals surface area (Å²) in [4.78, 5) is 37.0. The van der Waals surface area contributed by atoms with Crippen LogP contribution in [0.3, 0.4) is 0 Å². The van der Waals surface area contributed by atoms with Gasteiger partial charge in [-0.2, -0.15) is 0 Å². The molecule has 0 rings (SSSR count). The first-order valence-electron chi connectivity index (χ1n) is 25.3. The van der Waals surface area contributed by atoms with Crippen molar-refractivity contribution in [2.45, 2.75) is 199 Å². The molecule has 64 heavy (non-hydrogen) atoms. The zero-order valence-electron chi connectivity index (χ0n) is 41.4. The zero-order chi connectivity index (χ0) is 47.0. The van der Waals surface area contributed by atoms with Crippen molar-refractivity contribution in [2.75, 3.05) is 41.0 Å². The normalized spacial score (nSPS) is 13.7. The summed E-state index contributed by atoms with van der Waals surface area (Å²) in [7, 11) is 5.40. The lowest BCUT2D eigenvalue weighted by Gasteiger charge is -2.34. The van der Waals surface area contributed by atoms with Gasteiger partial charge in [-0.15, -0.1) is 0 Å². The Labute approximate surface area is 392 Å². The smallest absolute Gasteiger partial charge is 0.306 e. The van der Waals surface area contributed by atoms with E-state index in [4.69, 9.17) is 14.2 Å². The van der Waals surface area contributed by atoms with Crippen molar-refractivity contribution in [2.24, 2.45) is 0 Å². The second kappa shape index (κ2) is 45.8. The Morgan fingerprint density at radius 2 is 0.828 bits per heavy atom. The largest absolute Gasteiger partial charge is 0.544 e. The summed E-state index contributed by atoms with van der Waals surface area (Å²) in [6.45, 7) is 4.40. The standard InChI is InChI=1S/C56H93NO7/c1-6-8-10-12-14-16-18-20-22-24-26-28-30-32-34-36-38-40-42-44-46-54(58)63-51-52(50-62-49-48-53(56(60)61)57(3,4)5)64-55(59)47-45-43-41-39-37-35-33-31-29-27-25-23-21-19-17-15-13-11-9-7-2/h8-11,14-17,20-23,26,28,32,34,52-53H,6-7,12-13,18-19,24-25,27,29-31,33,35-51H2,1-5H3/b10-8+,11-9+,16-14+,17-15+,22-20+,23-21+,28-26+,34-32+. The van der Waals surface area contributed by atoms with E-state index in [0.717, 1.165) is 103 Å². The van der Waals surface area contributed by atoms with Crippen LogP contribution in [0.4, 0.5) is 0 Å². The Morgan fingerprint density at radius 1 is 0.469 bits per heavy atom. The number of carbonyl (C=O) groups is 3. The molecule has 8 heteroatoms. The number of allylic oxidation sites excluding steroid dienone is 16. The SMILES string of the molecule is CC/C=C/C/C=C/C/C=C/C/C=C/C/C=C/CCCCCCC(=O)OCC(COCCC(C(=O)[O-])[N+](C)(C)C)OC(=O)CCCCCCCCCCCC/C=C/C/C=C/C/C=C/CC. The monoisotopic (exact) mass is 892 g/mol. The molecule has 0 saturated carbocycles. The van der Waals surface area contributed by atoms with E-state index in [-0.39, 0.29) is 42.7 Å². The first kappa shape index (κ1) is 60.2. The fourth-order valence-corrected chi connectivity index (χ4v) is 6.88. The predicted molar refractivity (Wildman–Crippen MR) is 268 cm³/mol. The second-order valence-electron chi connectivity index (χ2n) is 17.6. The predicted octanol–water partition coefficient (Wildman–Crippen LogP) is 13.3. The van der Waals surface area contributed by atoms with Crippen molar-refractivity contribution < 1.29 is 38.2 Å². The van der Waals surface area contributed by atoms with Crippen LogP contribution in [0.15, 0.2) is 97.2 Å². The lowest BCUT2D eigenvalue weighted by Crippen LogP contribution is -2.55. The number of aliphatic carboxylic acids is 1. The highest BCUT2D eigenvalue weighted by Gasteiger charge is 2.25. The van der Waals surface area contributed by atoms with E-state index in [9.17, 15) is 19.5 Å². The number of unbranched alkanes of at least 4 members (excludes halogenated alkanes) is 14. The Balaban J connectivity index is 4.33. The summed E-state index contributed by atoms with van der Waals surface area (Å²) in [5, 5.41) is 11.7. The molecule has 0 bridgehead atoms. The summed E-state index contributed by atoms with van der Waals surface area (Å²) >= 11 is 0. The van der Waals surface area contributed by atoms with Crippen LogP contribution >= 0.6 is 0 Å². The number of quaternary nitrogens is 1. The maximum Gasteiger partial charge on any atom is 0.306 e. The summed E-state index contributed by atoms with van der Waals surface area (Å²) in [6, 6.07) is -0.737. The highest BCUT2D eigenvalue weighted by atomic mass is 16.6. The van der Waals surface area contributed by atoms with Crippen molar-refractivity contribution in [3.8, 4) is 0 Å². The summed E-state index contributed by atoms with van der Waals surface area (Å²) < 4.78 is 17.2. The van der Waals surface area contributed by atoms with Crippen LogP contribution < -0.4 is 5.11 Å². The van der Waals surface area contributed by atoms with Gasteiger partial charge in [-0.1, -0.05) is 175 Å². The molecular weight excluding hydrogens is 799 g/mol. The van der Waals surface area contributed by atoms with E-state index in [1.165, 1.54) is 51.4 Å². The highest BCUT2D eigenvalue weighted by molar-refractivity contribution is 5.70. The summed E-state index contributed by atoms with van der Waals surface area (Å²) in [5.41, 5.74) is 0. The molecular formula is C56H93NO7. The van der Waals surface area contributed by atoms with E-state index < -0.39 is 18.1 Å². The minimum Gasteiger partial charge on any atom is -0.544 e. The van der Waals surface area contributed by atoms with Gasteiger partial charge in [0.15, 0.2) is 6.10 Å². The van der Waals surface area contributed by atoms with E-state index in [2.05, 4.69) is 111 Å². The molecule has 364 valence electrons. The first-order chi connectivity index (χ1) is 31.1. The molecule has 0 N–H and O–H groups in total. The van der Waals surface area contributed by atoms with Crippen LogP contribution in [0.1, 0.15) is 187 Å². The van der Waals surface area contributed by atoms with Gasteiger partial charge in [-0.25, -0.2) is 0 Å². The molecule has 8 nitrogen and oxygen atoms in total. The van der Waals surface area contributed by atoms with Gasteiger partial charge in [0, 0.05) is 19.3 Å². The summed E-state index contributed by atoms with van der Waals surface area (Å²) in [6.07, 6.45) is 61.5. The van der Waals surface area contributed by atoms with Gasteiger partial charge in [-0.05, 0) is 89.9 Å². The fraction of sp³-hybridized carbons (Fsp3) is 0.661. The molecule has 0 radical (unpaired) electrons. The van der Waals surface area contributed by atoms with Gasteiger partial charge in [0.05, 0.1) is 40.3 Å². The number of carboxylic acids is 1. The van der Waals surface area contributed by atoms with Crippen molar-refractivity contribution in [1.82, 2.24) is 0 Å². The van der Waals surface area contributed by atoms with Gasteiger partial charge in [0.2, 0.25) is 0 Å². The number of hydrogen-bond donors (Lipinski definition) is 0. The number of esters is 2. The van der Waals surface area contributed by atoms with Crippen LogP contribution in [0.25, 0.3) is 0 Å². The van der Waals surface area contributed by atoms with E-state index >= 15 is 0 Å². The number of likely N-dealkylation sites (N-methyl/N-ethyl adjacent to an activating group) is 1. The zero-order valence-corrected chi connectivity index (χ0v) is 41.4. The molecule has 0 aromatic heterocycles. The molecule has 0 fully saturated rings. The van der Waals surface area contributed by atoms with E-state index in [0.29, 0.717) is 12.8 Å². The van der Waals surface area contributed by atoms with Gasteiger partial charge >= 0.3 is 11.9 Å². The third kappa shape index (κ3) is 43.5. The highest BCUT2D eigenvalue weighted by Crippen LogP contribution is 2.14. The van der Waals surface area contributed by atoms with Crippen LogP contribution in [0.2, 0.25) is 0 Å². The third-order valence-corrected chi connectivity index (χ3v) is 10.7. The topological polar surface area (TPSA) is 102 Å². The molecule has 0 amide bonds. The number of carbonyl (C=O) groups excluding carboxylic acids is 3. The van der Waals surface area contributed by atoms with E-state index in [1.807, 2.05) is 0 Å². The van der Waals surface area contributed by atoms with Crippen LogP contribution in [0, 0.1) is 0 Å². The Morgan fingerprint density at radius 3 is 1.22 bits per heavy atom. The molecule has 0 spiro atoms. The number of carboxylic acid groups (broad SMARTS) is 1. The molecule has 0 aliphatic heterocycles. The summed E-state index contributed by atoms with van der Waals surface area (Å²) in [5.74, 6) is -1.78. The molecule has 0 aromatic carbocycles.